The minimum atomic E-state index is 0.0967. The molecule has 10 nitrogen and oxygen atoms in total. The molecule has 0 amide bonds. The first-order valence-corrected chi connectivity index (χ1v) is 13.1. The number of aliphatic hydroxyl groups excluding tert-OH is 1. The summed E-state index contributed by atoms with van der Waals surface area (Å²) < 4.78 is 0. The normalized spacial score (nSPS) is 15.2. The SMILES string of the molecule is CNC(C)c1ncc(C)[nH]1.N=Cc1c(N)ncc2nc(-c3ccc(C=O)cc3)c3c(c12)CCC(NCCO)C3. The number of aryl methyl sites for hydroxylation is 2. The molecule has 10 heteroatoms. The second-order valence-electron chi connectivity index (χ2n) is 9.70. The van der Waals surface area contributed by atoms with Crippen molar-refractivity contribution < 1.29 is 9.90 Å². The minimum absolute atomic E-state index is 0.0967. The summed E-state index contributed by atoms with van der Waals surface area (Å²) in [5.41, 5.74) is 13.2. The van der Waals surface area contributed by atoms with Crippen LogP contribution in [0, 0.1) is 12.3 Å². The number of benzene rings is 1. The Morgan fingerprint density at radius 1 is 1.23 bits per heavy atom. The van der Waals surface area contributed by atoms with E-state index in [2.05, 4.69) is 32.5 Å². The molecule has 0 fully saturated rings. The predicted octanol–water partition coefficient (Wildman–Crippen LogP) is 3.13. The third kappa shape index (κ3) is 6.19. The van der Waals surface area contributed by atoms with Gasteiger partial charge in [-0.15, -0.1) is 0 Å². The molecule has 0 radical (unpaired) electrons. The van der Waals surface area contributed by atoms with E-state index < -0.39 is 0 Å². The van der Waals surface area contributed by atoms with Crippen molar-refractivity contribution in [2.45, 2.75) is 45.2 Å². The van der Waals surface area contributed by atoms with Crippen molar-refractivity contribution in [1.82, 2.24) is 30.6 Å². The van der Waals surface area contributed by atoms with E-state index >= 15 is 0 Å². The second kappa shape index (κ2) is 12.7. The molecule has 3 aromatic heterocycles. The number of aromatic nitrogens is 4. The molecule has 2 atom stereocenters. The number of imidazole rings is 1. The van der Waals surface area contributed by atoms with Crippen LogP contribution < -0.4 is 16.4 Å². The molecule has 2 unspecified atom stereocenters. The molecular formula is C29H36N8O2. The molecule has 1 aliphatic rings. The fraction of sp³-hybridized carbons (Fsp3) is 0.345. The van der Waals surface area contributed by atoms with E-state index in [1.54, 1.807) is 18.3 Å². The van der Waals surface area contributed by atoms with Crippen LogP contribution in [0.1, 0.15) is 58.0 Å². The molecule has 7 N–H and O–H groups in total. The fourth-order valence-corrected chi connectivity index (χ4v) is 4.91. The Balaban J connectivity index is 0.000000298. The van der Waals surface area contributed by atoms with Gasteiger partial charge in [0.15, 0.2) is 0 Å². The minimum Gasteiger partial charge on any atom is -0.395 e. The summed E-state index contributed by atoms with van der Waals surface area (Å²) in [6.07, 6.45) is 8.09. The highest BCUT2D eigenvalue weighted by Gasteiger charge is 2.26. The van der Waals surface area contributed by atoms with Gasteiger partial charge in [-0.05, 0) is 51.3 Å². The van der Waals surface area contributed by atoms with Crippen LogP contribution in [0.25, 0.3) is 22.2 Å². The first kappa shape index (κ1) is 28.0. The van der Waals surface area contributed by atoms with Gasteiger partial charge in [-0.3, -0.25) is 4.79 Å². The molecule has 0 spiro atoms. The highest BCUT2D eigenvalue weighted by Crippen LogP contribution is 2.37. The number of hydrogen-bond acceptors (Lipinski definition) is 9. The summed E-state index contributed by atoms with van der Waals surface area (Å²) >= 11 is 0. The maximum atomic E-state index is 11.0. The molecule has 0 saturated heterocycles. The number of aromatic amines is 1. The summed E-state index contributed by atoms with van der Waals surface area (Å²) in [5, 5.41) is 24.4. The molecule has 1 aliphatic carbocycles. The summed E-state index contributed by atoms with van der Waals surface area (Å²) in [6, 6.07) is 7.94. The Morgan fingerprint density at radius 2 is 2.00 bits per heavy atom. The van der Waals surface area contributed by atoms with Gasteiger partial charge in [0, 0.05) is 52.8 Å². The molecule has 0 saturated carbocycles. The zero-order valence-electron chi connectivity index (χ0n) is 22.6. The van der Waals surface area contributed by atoms with Gasteiger partial charge < -0.3 is 31.9 Å². The number of aliphatic hydroxyl groups is 1. The number of carbonyl (C=O) groups excluding carboxylic acids is 1. The van der Waals surface area contributed by atoms with Gasteiger partial charge in [-0.2, -0.15) is 0 Å². The monoisotopic (exact) mass is 528 g/mol. The highest BCUT2D eigenvalue weighted by atomic mass is 16.3. The maximum Gasteiger partial charge on any atom is 0.150 e. The number of pyridine rings is 2. The number of anilines is 1. The summed E-state index contributed by atoms with van der Waals surface area (Å²) in [4.78, 5) is 27.5. The highest BCUT2D eigenvalue weighted by molar-refractivity contribution is 6.04. The first-order chi connectivity index (χ1) is 18.9. The van der Waals surface area contributed by atoms with Crippen LogP contribution in [0.15, 0.2) is 36.7 Å². The van der Waals surface area contributed by atoms with Crippen LogP contribution in [0.2, 0.25) is 0 Å². The van der Waals surface area contributed by atoms with Crippen molar-refractivity contribution in [2.75, 3.05) is 25.9 Å². The Kier molecular flexibility index (Phi) is 9.13. The largest absolute Gasteiger partial charge is 0.395 e. The van der Waals surface area contributed by atoms with Gasteiger partial charge in [0.1, 0.15) is 17.9 Å². The number of aldehydes is 1. The van der Waals surface area contributed by atoms with E-state index in [0.29, 0.717) is 35.0 Å². The van der Waals surface area contributed by atoms with Crippen molar-refractivity contribution in [2.24, 2.45) is 0 Å². The number of carbonyl (C=O) groups is 1. The predicted molar refractivity (Wildman–Crippen MR) is 154 cm³/mol. The van der Waals surface area contributed by atoms with Gasteiger partial charge in [0.2, 0.25) is 0 Å². The lowest BCUT2D eigenvalue weighted by atomic mass is 9.83. The lowest BCUT2D eigenvalue weighted by Gasteiger charge is -2.29. The number of nitrogens with zero attached hydrogens (tertiary/aromatic N) is 3. The van der Waals surface area contributed by atoms with Crippen molar-refractivity contribution in [3.63, 3.8) is 0 Å². The van der Waals surface area contributed by atoms with Crippen molar-refractivity contribution in [3.05, 3.63) is 70.4 Å². The van der Waals surface area contributed by atoms with Crippen molar-refractivity contribution in [1.29, 1.82) is 5.41 Å². The maximum absolute atomic E-state index is 11.0. The molecule has 0 aliphatic heterocycles. The van der Waals surface area contributed by atoms with Crippen LogP contribution in [0.5, 0.6) is 0 Å². The topological polar surface area (TPSA) is 166 Å². The van der Waals surface area contributed by atoms with E-state index in [9.17, 15) is 4.79 Å². The van der Waals surface area contributed by atoms with E-state index in [-0.39, 0.29) is 12.6 Å². The Hall–Kier alpha value is -3.99. The lowest BCUT2D eigenvalue weighted by molar-refractivity contribution is 0.112. The van der Waals surface area contributed by atoms with Crippen LogP contribution >= 0.6 is 0 Å². The van der Waals surface area contributed by atoms with E-state index in [4.69, 9.17) is 21.2 Å². The second-order valence-corrected chi connectivity index (χ2v) is 9.70. The number of hydrogen-bond donors (Lipinski definition) is 6. The zero-order valence-corrected chi connectivity index (χ0v) is 22.6. The molecule has 0 bridgehead atoms. The number of nitrogen functional groups attached to an aromatic ring is 1. The molecular weight excluding hydrogens is 492 g/mol. The third-order valence-corrected chi connectivity index (χ3v) is 7.08. The molecule has 39 heavy (non-hydrogen) atoms. The number of fused-ring (bicyclic) bond motifs is 3. The van der Waals surface area contributed by atoms with Crippen LogP contribution in [-0.2, 0) is 12.8 Å². The van der Waals surface area contributed by atoms with Crippen LogP contribution in [0.4, 0.5) is 5.82 Å². The van der Waals surface area contributed by atoms with E-state index in [1.165, 1.54) is 6.21 Å². The number of H-pyrrole nitrogens is 1. The molecule has 204 valence electrons. The Bertz CT molecular complexity index is 1450. The van der Waals surface area contributed by atoms with Gasteiger partial charge in [0.25, 0.3) is 0 Å². The average molecular weight is 529 g/mol. The fourth-order valence-electron chi connectivity index (χ4n) is 4.91. The van der Waals surface area contributed by atoms with Crippen molar-refractivity contribution in [3.8, 4) is 11.3 Å². The third-order valence-electron chi connectivity index (χ3n) is 7.08. The molecule has 4 aromatic rings. The summed E-state index contributed by atoms with van der Waals surface area (Å²) in [5.74, 6) is 1.33. The Labute approximate surface area is 228 Å². The molecule has 3 heterocycles. The average Bonchev–Trinajstić information content (AvgIpc) is 3.41. The van der Waals surface area contributed by atoms with Gasteiger partial charge in [0.05, 0.1) is 30.1 Å². The quantitative estimate of drug-likeness (QED) is 0.150. The molecule has 5 rings (SSSR count). The smallest absolute Gasteiger partial charge is 0.150 e. The van der Waals surface area contributed by atoms with E-state index in [1.807, 2.05) is 32.3 Å². The van der Waals surface area contributed by atoms with Crippen LogP contribution in [0.3, 0.4) is 0 Å². The summed E-state index contributed by atoms with van der Waals surface area (Å²) in [6.45, 7) is 4.71. The lowest BCUT2D eigenvalue weighted by Crippen LogP contribution is -2.36. The number of nitrogens with two attached hydrogens (primary N) is 1. The standard InChI is InChI=1S/C22H23N5O2.C7H13N3/c23-10-18-20-16-6-5-15(25-7-8-28)9-17(16)21(27-19(20)11-26-22(18)24)14-3-1-13(12-29)2-4-14;1-5-4-9-7(10-5)6(2)8-3/h1-4,10-12,15,23,25,28H,5-9H2,(H2,24,26);4,6,8H,1-3H3,(H,9,10). The van der Waals surface area contributed by atoms with E-state index in [0.717, 1.165) is 64.8 Å². The number of nitrogens with one attached hydrogen (secondary N) is 4. The first-order valence-electron chi connectivity index (χ1n) is 13.1. The molecule has 1 aromatic carbocycles. The van der Waals surface area contributed by atoms with Gasteiger partial charge in [-0.25, -0.2) is 15.0 Å². The van der Waals surface area contributed by atoms with Gasteiger partial charge >= 0.3 is 0 Å². The van der Waals surface area contributed by atoms with Crippen LogP contribution in [-0.4, -0.2) is 63.8 Å². The summed E-state index contributed by atoms with van der Waals surface area (Å²) in [7, 11) is 1.92. The van der Waals surface area contributed by atoms with Crippen molar-refractivity contribution >= 4 is 29.2 Å². The Morgan fingerprint density at radius 3 is 2.62 bits per heavy atom. The zero-order chi connectivity index (χ0) is 27.9. The number of rotatable bonds is 8. The van der Waals surface area contributed by atoms with Gasteiger partial charge in [-0.1, -0.05) is 24.3 Å².